The highest BCUT2D eigenvalue weighted by molar-refractivity contribution is 7.18. The minimum Gasteiger partial charge on any atom is -0.497 e. The van der Waals surface area contributed by atoms with Crippen LogP contribution in [0.4, 0.5) is 0 Å². The molecule has 1 heterocycles. The maximum Gasteiger partial charge on any atom is 0.278 e. The number of amides is 1. The van der Waals surface area contributed by atoms with Gasteiger partial charge in [0.1, 0.15) is 23.1 Å². The minimum atomic E-state index is -0.0665. The molecular weight excluding hydrogens is 386 g/mol. The molecule has 7 heteroatoms. The first kappa shape index (κ1) is 21.1. The molecular formula is C22H28N3O3S+. The number of carbonyl (C=O) groups is 1. The largest absolute Gasteiger partial charge is 0.497 e. The van der Waals surface area contributed by atoms with Gasteiger partial charge in [0.25, 0.3) is 5.91 Å². The Balaban J connectivity index is 1.64. The Morgan fingerprint density at radius 3 is 2.66 bits per heavy atom. The number of hydrogen-bond acceptors (Lipinski definition) is 5. The van der Waals surface area contributed by atoms with Gasteiger partial charge >= 0.3 is 0 Å². The SMILES string of the molecule is COc1ccc(C[NH+](C)CC(=O)N(C)[C@H](C)c2nc3ccccc3s2)c(OC)c1. The first-order chi connectivity index (χ1) is 13.9. The smallest absolute Gasteiger partial charge is 0.278 e. The van der Waals surface area contributed by atoms with Crippen molar-refractivity contribution in [3.63, 3.8) is 0 Å². The summed E-state index contributed by atoms with van der Waals surface area (Å²) >= 11 is 1.64. The highest BCUT2D eigenvalue weighted by Gasteiger charge is 2.23. The predicted octanol–water partition coefficient (Wildman–Crippen LogP) is 2.55. The summed E-state index contributed by atoms with van der Waals surface area (Å²) in [5, 5.41) is 0.955. The fourth-order valence-electron chi connectivity index (χ4n) is 3.22. The van der Waals surface area contributed by atoms with E-state index < -0.39 is 0 Å². The average Bonchev–Trinajstić information content (AvgIpc) is 3.17. The van der Waals surface area contributed by atoms with E-state index in [0.29, 0.717) is 13.1 Å². The van der Waals surface area contributed by atoms with E-state index >= 15 is 0 Å². The van der Waals surface area contributed by atoms with Gasteiger partial charge in [0, 0.05) is 18.7 Å². The quantitative estimate of drug-likeness (QED) is 0.616. The highest BCUT2D eigenvalue weighted by Crippen LogP contribution is 2.28. The van der Waals surface area contributed by atoms with Gasteiger partial charge in [0.2, 0.25) is 0 Å². The van der Waals surface area contributed by atoms with Crippen molar-refractivity contribution in [3.05, 3.63) is 53.0 Å². The Hall–Kier alpha value is -2.64. The normalized spacial score (nSPS) is 13.1. The number of aromatic nitrogens is 1. The molecule has 154 valence electrons. The number of likely N-dealkylation sites (N-methyl/N-ethyl adjacent to an activating group) is 2. The van der Waals surface area contributed by atoms with Gasteiger partial charge in [-0.1, -0.05) is 12.1 Å². The van der Waals surface area contributed by atoms with Crippen molar-refractivity contribution in [2.24, 2.45) is 0 Å². The van der Waals surface area contributed by atoms with Crippen molar-refractivity contribution < 1.29 is 19.2 Å². The molecule has 0 fully saturated rings. The van der Waals surface area contributed by atoms with Crippen LogP contribution in [0.2, 0.25) is 0 Å². The fourth-order valence-corrected chi connectivity index (χ4v) is 4.28. The van der Waals surface area contributed by atoms with Gasteiger partial charge in [-0.3, -0.25) is 4.79 Å². The lowest BCUT2D eigenvalue weighted by molar-refractivity contribution is -0.885. The number of methoxy groups -OCH3 is 2. The van der Waals surface area contributed by atoms with Gasteiger partial charge in [0.15, 0.2) is 6.54 Å². The first-order valence-electron chi connectivity index (χ1n) is 9.56. The van der Waals surface area contributed by atoms with Crippen LogP contribution in [0.1, 0.15) is 23.5 Å². The van der Waals surface area contributed by atoms with E-state index in [2.05, 4.69) is 6.07 Å². The van der Waals surface area contributed by atoms with Crippen LogP contribution in [0.3, 0.4) is 0 Å². The number of quaternary nitrogens is 1. The maximum absolute atomic E-state index is 12.9. The van der Waals surface area contributed by atoms with E-state index in [4.69, 9.17) is 14.5 Å². The van der Waals surface area contributed by atoms with Gasteiger partial charge in [-0.25, -0.2) is 4.98 Å². The zero-order valence-corrected chi connectivity index (χ0v) is 18.4. The molecule has 1 amide bonds. The van der Waals surface area contributed by atoms with E-state index in [1.165, 1.54) is 0 Å². The average molecular weight is 415 g/mol. The van der Waals surface area contributed by atoms with Crippen LogP contribution < -0.4 is 14.4 Å². The second-order valence-electron chi connectivity index (χ2n) is 7.19. The van der Waals surface area contributed by atoms with Crippen molar-refractivity contribution in [1.29, 1.82) is 0 Å². The lowest BCUT2D eigenvalue weighted by Crippen LogP contribution is -3.08. The van der Waals surface area contributed by atoms with Crippen LogP contribution in [-0.4, -0.2) is 50.7 Å². The molecule has 1 N–H and O–H groups in total. The lowest BCUT2D eigenvalue weighted by atomic mass is 10.1. The number of benzene rings is 2. The molecule has 3 aromatic rings. The van der Waals surface area contributed by atoms with Gasteiger partial charge in [-0.2, -0.15) is 0 Å². The van der Waals surface area contributed by atoms with Crippen LogP contribution in [0.5, 0.6) is 11.5 Å². The zero-order chi connectivity index (χ0) is 21.0. The Labute approximate surface area is 175 Å². The molecule has 29 heavy (non-hydrogen) atoms. The van der Waals surface area contributed by atoms with E-state index in [9.17, 15) is 4.79 Å². The number of ether oxygens (including phenoxy) is 2. The monoisotopic (exact) mass is 414 g/mol. The highest BCUT2D eigenvalue weighted by atomic mass is 32.1. The molecule has 0 saturated heterocycles. The molecule has 0 aliphatic carbocycles. The Bertz CT molecular complexity index is 955. The lowest BCUT2D eigenvalue weighted by Gasteiger charge is -2.25. The standard InChI is InChI=1S/C22H27N3O3S/c1-15(22-23-18-8-6-7-9-20(18)29-22)25(3)21(26)14-24(2)13-16-10-11-17(27-4)12-19(16)28-5/h6-12,15H,13-14H2,1-5H3/p+1/t15-/m1/s1. The Kier molecular flexibility index (Phi) is 6.71. The molecule has 1 aromatic heterocycles. The number of rotatable bonds is 8. The van der Waals surface area contributed by atoms with Gasteiger partial charge in [-0.15, -0.1) is 11.3 Å². The molecule has 0 radical (unpaired) electrons. The van der Waals surface area contributed by atoms with E-state index in [-0.39, 0.29) is 11.9 Å². The predicted molar refractivity (Wildman–Crippen MR) is 116 cm³/mol. The van der Waals surface area contributed by atoms with E-state index in [0.717, 1.165) is 37.2 Å². The van der Waals surface area contributed by atoms with Crippen LogP contribution in [0, 0.1) is 0 Å². The number of hydrogen-bond donors (Lipinski definition) is 1. The summed E-state index contributed by atoms with van der Waals surface area (Å²) in [4.78, 5) is 20.4. The third kappa shape index (κ3) is 4.86. The molecule has 0 saturated carbocycles. The van der Waals surface area contributed by atoms with Crippen molar-refractivity contribution in [3.8, 4) is 11.5 Å². The number of nitrogens with one attached hydrogen (secondary N) is 1. The number of para-hydroxylation sites is 1. The third-order valence-electron chi connectivity index (χ3n) is 5.08. The Morgan fingerprint density at radius 1 is 1.21 bits per heavy atom. The number of nitrogens with zero attached hydrogens (tertiary/aromatic N) is 2. The van der Waals surface area contributed by atoms with Crippen molar-refractivity contribution in [1.82, 2.24) is 9.88 Å². The molecule has 3 rings (SSSR count). The number of carbonyl (C=O) groups excluding carboxylic acids is 1. The topological polar surface area (TPSA) is 56.1 Å². The van der Waals surface area contributed by atoms with Gasteiger partial charge < -0.3 is 19.3 Å². The summed E-state index contributed by atoms with van der Waals surface area (Å²) in [5.41, 5.74) is 2.02. The van der Waals surface area contributed by atoms with Crippen molar-refractivity contribution in [2.75, 3.05) is 34.9 Å². The zero-order valence-electron chi connectivity index (χ0n) is 17.6. The van der Waals surface area contributed by atoms with Crippen LogP contribution in [-0.2, 0) is 11.3 Å². The summed E-state index contributed by atoms with van der Waals surface area (Å²) < 4.78 is 11.9. The van der Waals surface area contributed by atoms with Gasteiger partial charge in [-0.05, 0) is 31.2 Å². The van der Waals surface area contributed by atoms with Gasteiger partial charge in [0.05, 0.1) is 37.5 Å². The Morgan fingerprint density at radius 2 is 1.97 bits per heavy atom. The summed E-state index contributed by atoms with van der Waals surface area (Å²) in [5.74, 6) is 1.61. The summed E-state index contributed by atoms with van der Waals surface area (Å²) in [6, 6.07) is 13.8. The molecule has 1 unspecified atom stereocenters. The second kappa shape index (κ2) is 9.24. The summed E-state index contributed by atoms with van der Waals surface area (Å²) in [6.45, 7) is 3.10. The van der Waals surface area contributed by atoms with Crippen LogP contribution in [0.25, 0.3) is 10.2 Å². The fraction of sp³-hybridized carbons (Fsp3) is 0.364. The molecule has 0 spiro atoms. The van der Waals surface area contributed by atoms with Crippen molar-refractivity contribution in [2.45, 2.75) is 19.5 Å². The molecule has 0 aliphatic rings. The van der Waals surface area contributed by atoms with E-state index in [1.807, 2.05) is 57.4 Å². The van der Waals surface area contributed by atoms with E-state index in [1.54, 1.807) is 30.5 Å². The number of fused-ring (bicyclic) bond motifs is 1. The molecule has 0 bridgehead atoms. The van der Waals surface area contributed by atoms with Crippen molar-refractivity contribution >= 4 is 27.5 Å². The second-order valence-corrected chi connectivity index (χ2v) is 8.25. The first-order valence-corrected chi connectivity index (χ1v) is 10.4. The van der Waals surface area contributed by atoms with Crippen LogP contribution in [0.15, 0.2) is 42.5 Å². The minimum absolute atomic E-state index is 0.0665. The molecule has 2 atom stereocenters. The summed E-state index contributed by atoms with van der Waals surface area (Å²) in [6.07, 6.45) is 0. The maximum atomic E-state index is 12.9. The molecule has 2 aromatic carbocycles. The van der Waals surface area contributed by atoms with Crippen LogP contribution >= 0.6 is 11.3 Å². The molecule has 0 aliphatic heterocycles. The molecule has 6 nitrogen and oxygen atoms in total. The summed E-state index contributed by atoms with van der Waals surface area (Å²) in [7, 11) is 7.14. The third-order valence-corrected chi connectivity index (χ3v) is 6.29. The number of thiazole rings is 1.